The summed E-state index contributed by atoms with van der Waals surface area (Å²) in [6.07, 6.45) is 0. The van der Waals surface area contributed by atoms with Crippen molar-refractivity contribution in [3.8, 4) is 22.4 Å². The molecule has 0 atom stereocenters. The van der Waals surface area contributed by atoms with Crippen molar-refractivity contribution in [3.63, 3.8) is 0 Å². The fraction of sp³-hybridized carbons (Fsp3) is 0.118. The van der Waals surface area contributed by atoms with E-state index in [1.165, 1.54) is 6.07 Å². The number of hydrogen-bond acceptors (Lipinski definition) is 5. The topological polar surface area (TPSA) is 106 Å². The second-order valence-corrected chi connectivity index (χ2v) is 7.58. The molecule has 26 heavy (non-hydrogen) atoms. The normalized spacial score (nSPS) is 11.7. The second kappa shape index (κ2) is 6.81. The quantitative estimate of drug-likeness (QED) is 0.704. The van der Waals surface area contributed by atoms with E-state index < -0.39 is 27.3 Å². The Bertz CT molecular complexity index is 1100. The molecule has 0 unspecified atom stereocenters. The number of hydrogen-bond donors (Lipinski definition) is 2. The van der Waals surface area contributed by atoms with E-state index in [1.54, 1.807) is 18.2 Å². The van der Waals surface area contributed by atoms with Gasteiger partial charge in [-0.15, -0.1) is 0 Å². The number of aromatic nitrogens is 1. The summed E-state index contributed by atoms with van der Waals surface area (Å²) in [6.45, 7) is 1.37. The molecule has 136 valence electrons. The lowest BCUT2D eigenvalue weighted by Gasteiger charge is -2.07. The van der Waals surface area contributed by atoms with Crippen molar-refractivity contribution >= 4 is 21.6 Å². The third kappa shape index (κ3) is 3.36. The van der Waals surface area contributed by atoms with Crippen LogP contribution < -0.4 is 5.14 Å². The average Bonchev–Trinajstić information content (AvgIpc) is 3.00. The number of sulfonamides is 1. The lowest BCUT2D eigenvalue weighted by Crippen LogP contribution is -2.14. The molecule has 3 aromatic rings. The number of aryl methyl sites for hydroxylation is 1. The number of benzene rings is 2. The van der Waals surface area contributed by atoms with E-state index in [1.807, 2.05) is 6.92 Å². The monoisotopic (exact) mass is 396 g/mol. The molecule has 1 aromatic heterocycles. The van der Waals surface area contributed by atoms with Gasteiger partial charge in [0.25, 0.3) is 0 Å². The minimum Gasteiger partial charge on any atom is -0.388 e. The zero-order chi connectivity index (χ0) is 19.1. The van der Waals surface area contributed by atoms with Crippen LogP contribution in [-0.4, -0.2) is 18.7 Å². The molecule has 3 rings (SSSR count). The number of halogens is 2. The molecule has 2 aromatic carbocycles. The maximum absolute atomic E-state index is 14.2. The second-order valence-electron chi connectivity index (χ2n) is 5.64. The summed E-state index contributed by atoms with van der Waals surface area (Å²) in [6, 6.07) is 8.66. The van der Waals surface area contributed by atoms with Gasteiger partial charge in [0.2, 0.25) is 10.0 Å². The highest BCUT2D eigenvalue weighted by atomic mass is 35.5. The Morgan fingerprint density at radius 1 is 1.23 bits per heavy atom. The summed E-state index contributed by atoms with van der Waals surface area (Å²) < 4.78 is 42.2. The summed E-state index contributed by atoms with van der Waals surface area (Å²) in [5.41, 5.74) is 2.44. The van der Waals surface area contributed by atoms with Crippen molar-refractivity contribution in [2.45, 2.75) is 18.4 Å². The number of nitrogens with two attached hydrogens (primary N) is 1. The fourth-order valence-corrected chi connectivity index (χ4v) is 3.32. The van der Waals surface area contributed by atoms with Crippen LogP contribution in [0.1, 0.15) is 11.3 Å². The number of aliphatic hydroxyl groups excluding tert-OH is 1. The molecule has 0 aliphatic carbocycles. The molecule has 0 bridgehead atoms. The Labute approximate surface area is 154 Å². The zero-order valence-corrected chi connectivity index (χ0v) is 15.1. The minimum absolute atomic E-state index is 0.111. The van der Waals surface area contributed by atoms with E-state index in [9.17, 15) is 17.9 Å². The van der Waals surface area contributed by atoms with Crippen molar-refractivity contribution in [1.29, 1.82) is 0 Å². The lowest BCUT2D eigenvalue weighted by molar-refractivity contribution is 0.230. The number of primary sulfonamides is 1. The predicted molar refractivity (Wildman–Crippen MR) is 94.4 cm³/mol. The fourth-order valence-electron chi connectivity index (χ4n) is 2.55. The molecule has 0 aliphatic heterocycles. The highest BCUT2D eigenvalue weighted by molar-refractivity contribution is 7.89. The molecule has 0 aliphatic rings. The molecule has 0 spiro atoms. The predicted octanol–water partition coefficient (Wildman–Crippen LogP) is 3.25. The minimum atomic E-state index is -4.19. The van der Waals surface area contributed by atoms with Gasteiger partial charge in [0.05, 0.1) is 5.56 Å². The third-order valence-electron chi connectivity index (χ3n) is 3.88. The van der Waals surface area contributed by atoms with E-state index in [0.717, 1.165) is 17.7 Å². The van der Waals surface area contributed by atoms with Crippen LogP contribution in [0.2, 0.25) is 5.02 Å². The first-order valence-electron chi connectivity index (χ1n) is 7.41. The number of rotatable bonds is 4. The SMILES string of the molecule is Cc1ccc(-c2noc(CO)c2-c2ccc(S(N)(=O)=O)c(F)c2)cc1Cl. The summed E-state index contributed by atoms with van der Waals surface area (Å²) >= 11 is 6.15. The lowest BCUT2D eigenvalue weighted by atomic mass is 9.98. The van der Waals surface area contributed by atoms with Crippen molar-refractivity contribution in [1.82, 2.24) is 5.16 Å². The molecular formula is C17H14ClFN2O4S. The van der Waals surface area contributed by atoms with Gasteiger partial charge in [0.15, 0.2) is 5.76 Å². The maximum atomic E-state index is 14.2. The van der Waals surface area contributed by atoms with Crippen molar-refractivity contribution in [2.24, 2.45) is 5.14 Å². The van der Waals surface area contributed by atoms with Crippen LogP contribution in [0.15, 0.2) is 45.8 Å². The molecule has 0 radical (unpaired) electrons. The summed E-state index contributed by atoms with van der Waals surface area (Å²) in [7, 11) is -4.19. The van der Waals surface area contributed by atoms with Crippen LogP contribution in [0.3, 0.4) is 0 Å². The summed E-state index contributed by atoms with van der Waals surface area (Å²) in [5.74, 6) is -0.901. The Kier molecular flexibility index (Phi) is 4.85. The first kappa shape index (κ1) is 18.5. The maximum Gasteiger partial charge on any atom is 0.240 e. The number of aliphatic hydroxyl groups is 1. The van der Waals surface area contributed by atoms with E-state index >= 15 is 0 Å². The van der Waals surface area contributed by atoms with Gasteiger partial charge in [-0.05, 0) is 36.2 Å². The summed E-state index contributed by atoms with van der Waals surface area (Å²) in [5, 5.41) is 19.0. The van der Waals surface area contributed by atoms with Gasteiger partial charge in [0, 0.05) is 10.6 Å². The Morgan fingerprint density at radius 2 is 1.92 bits per heavy atom. The molecule has 0 saturated carbocycles. The molecule has 1 heterocycles. The van der Waals surface area contributed by atoms with Gasteiger partial charge >= 0.3 is 0 Å². The van der Waals surface area contributed by atoms with Crippen LogP contribution in [0, 0.1) is 12.7 Å². The van der Waals surface area contributed by atoms with Gasteiger partial charge in [-0.3, -0.25) is 0 Å². The third-order valence-corrected chi connectivity index (χ3v) is 5.23. The first-order chi connectivity index (χ1) is 12.2. The molecule has 3 N–H and O–H groups in total. The van der Waals surface area contributed by atoms with Crippen LogP contribution in [0.25, 0.3) is 22.4 Å². The Hall–Kier alpha value is -2.26. The van der Waals surface area contributed by atoms with Crippen molar-refractivity contribution < 1.29 is 22.4 Å². The molecule has 0 amide bonds. The van der Waals surface area contributed by atoms with E-state index in [2.05, 4.69) is 5.16 Å². The molecule has 6 nitrogen and oxygen atoms in total. The van der Waals surface area contributed by atoms with Crippen LogP contribution in [-0.2, 0) is 16.6 Å². The largest absolute Gasteiger partial charge is 0.388 e. The summed E-state index contributed by atoms with van der Waals surface area (Å²) in [4.78, 5) is -0.622. The van der Waals surface area contributed by atoms with Gasteiger partial charge in [0.1, 0.15) is 23.0 Å². The molecule has 0 fully saturated rings. The van der Waals surface area contributed by atoms with Gasteiger partial charge in [-0.2, -0.15) is 0 Å². The standard InChI is InChI=1S/C17H14ClFN2O4S/c1-9-2-3-11(6-12(9)18)17-16(14(8-22)25-21-17)10-4-5-15(13(19)7-10)26(20,23)24/h2-7,22H,8H2,1H3,(H2,20,23,24). The highest BCUT2D eigenvalue weighted by Crippen LogP contribution is 2.37. The number of nitrogens with zero attached hydrogens (tertiary/aromatic N) is 1. The van der Waals surface area contributed by atoms with Crippen molar-refractivity contribution in [3.05, 3.63) is 58.6 Å². The van der Waals surface area contributed by atoms with Crippen LogP contribution in [0.5, 0.6) is 0 Å². The van der Waals surface area contributed by atoms with Gasteiger partial charge in [-0.25, -0.2) is 17.9 Å². The van der Waals surface area contributed by atoms with Crippen LogP contribution >= 0.6 is 11.6 Å². The molecule has 0 saturated heterocycles. The highest BCUT2D eigenvalue weighted by Gasteiger charge is 2.22. The van der Waals surface area contributed by atoms with E-state index in [0.29, 0.717) is 21.8 Å². The molecular weight excluding hydrogens is 383 g/mol. The van der Waals surface area contributed by atoms with Gasteiger partial charge in [-0.1, -0.05) is 35.0 Å². The molecule has 9 heteroatoms. The van der Waals surface area contributed by atoms with E-state index in [-0.39, 0.29) is 11.3 Å². The Morgan fingerprint density at radius 3 is 2.50 bits per heavy atom. The zero-order valence-electron chi connectivity index (χ0n) is 13.5. The average molecular weight is 397 g/mol. The first-order valence-corrected chi connectivity index (χ1v) is 9.33. The Balaban J connectivity index is 2.20. The smallest absolute Gasteiger partial charge is 0.240 e. The van der Waals surface area contributed by atoms with Crippen molar-refractivity contribution in [2.75, 3.05) is 0 Å². The van der Waals surface area contributed by atoms with Crippen LogP contribution in [0.4, 0.5) is 4.39 Å². The van der Waals surface area contributed by atoms with Gasteiger partial charge < -0.3 is 9.63 Å². The van der Waals surface area contributed by atoms with E-state index in [4.69, 9.17) is 21.3 Å².